The molecule has 2 nitrogen and oxygen atoms in total. The normalized spacial score (nSPS) is 13.3. The molecule has 2 aromatic carbocycles. The fourth-order valence-corrected chi connectivity index (χ4v) is 2.69. The number of anilines is 1. The Bertz CT molecular complexity index is 676. The molecule has 0 radical (unpaired) electrons. The summed E-state index contributed by atoms with van der Waals surface area (Å²) in [5.41, 5.74) is 2.25. The van der Waals surface area contributed by atoms with Gasteiger partial charge in [0.05, 0.1) is 11.1 Å². The van der Waals surface area contributed by atoms with Gasteiger partial charge in [-0.3, -0.25) is 0 Å². The zero-order valence-corrected chi connectivity index (χ0v) is 14.3. The van der Waals surface area contributed by atoms with E-state index in [1.807, 2.05) is 50.2 Å². The van der Waals surface area contributed by atoms with E-state index in [2.05, 4.69) is 27.3 Å². The lowest BCUT2D eigenvalue weighted by Crippen LogP contribution is -2.33. The van der Waals surface area contributed by atoms with Gasteiger partial charge in [-0.25, -0.2) is 0 Å². The average molecular weight is 364 g/mol. The van der Waals surface area contributed by atoms with Gasteiger partial charge in [-0.05, 0) is 53.0 Å². The number of hydrogen-bond acceptors (Lipinski definition) is 2. The molecule has 0 saturated carbocycles. The summed E-state index contributed by atoms with van der Waals surface area (Å²) in [7, 11) is 0. The van der Waals surface area contributed by atoms with Crippen LogP contribution in [0.1, 0.15) is 24.5 Å². The van der Waals surface area contributed by atoms with E-state index in [-0.39, 0.29) is 0 Å². The van der Waals surface area contributed by atoms with Crippen LogP contribution >= 0.6 is 27.5 Å². The molecule has 2 aromatic rings. The van der Waals surface area contributed by atoms with E-state index >= 15 is 0 Å². The van der Waals surface area contributed by atoms with E-state index in [4.69, 9.17) is 11.6 Å². The number of nitrogens with zero attached hydrogens (tertiary/aromatic N) is 1. The van der Waals surface area contributed by atoms with Gasteiger partial charge in [0, 0.05) is 10.2 Å². The minimum absolute atomic E-state index is 0.648. The molecule has 2 rings (SSSR count). The van der Waals surface area contributed by atoms with Crippen LogP contribution in [0.15, 0.2) is 46.9 Å². The topological polar surface area (TPSA) is 35.8 Å². The molecule has 1 atom stereocenters. The number of aryl methyl sites for hydroxylation is 1. The van der Waals surface area contributed by atoms with Crippen molar-refractivity contribution in [3.05, 3.63) is 63.1 Å². The largest absolute Gasteiger partial charge is 0.364 e. The van der Waals surface area contributed by atoms with E-state index in [0.717, 1.165) is 15.7 Å². The highest BCUT2D eigenvalue weighted by molar-refractivity contribution is 9.10. The summed E-state index contributed by atoms with van der Waals surface area (Å²) in [5.74, 6) is 0. The van der Waals surface area contributed by atoms with Crippen molar-refractivity contribution in [1.29, 1.82) is 5.26 Å². The highest BCUT2D eigenvalue weighted by Crippen LogP contribution is 2.32. The standard InChI is InChI=1S/C17H16BrClN2/c1-3-17(11-20,13-6-4-12(2)5-7-13)21-14-8-9-16(19)15(18)10-14/h4-10,21H,3H2,1-2H3. The van der Waals surface area contributed by atoms with E-state index in [0.29, 0.717) is 11.4 Å². The third-order valence-electron chi connectivity index (χ3n) is 3.54. The van der Waals surface area contributed by atoms with Crippen LogP contribution in [-0.2, 0) is 5.54 Å². The Morgan fingerprint density at radius 1 is 1.24 bits per heavy atom. The maximum absolute atomic E-state index is 9.73. The van der Waals surface area contributed by atoms with Crippen molar-refractivity contribution < 1.29 is 0 Å². The molecule has 0 amide bonds. The first-order valence-corrected chi connectivity index (χ1v) is 7.89. The Morgan fingerprint density at radius 2 is 1.90 bits per heavy atom. The van der Waals surface area contributed by atoms with Gasteiger partial charge >= 0.3 is 0 Å². The van der Waals surface area contributed by atoms with E-state index in [1.165, 1.54) is 5.56 Å². The first-order chi connectivity index (χ1) is 10.0. The monoisotopic (exact) mass is 362 g/mol. The summed E-state index contributed by atoms with van der Waals surface area (Å²) in [6, 6.07) is 16.0. The third kappa shape index (κ3) is 3.40. The van der Waals surface area contributed by atoms with E-state index in [9.17, 15) is 5.26 Å². The summed E-state index contributed by atoms with van der Waals surface area (Å²) in [5, 5.41) is 13.7. The minimum atomic E-state index is -0.749. The van der Waals surface area contributed by atoms with Gasteiger partial charge in [-0.15, -0.1) is 0 Å². The van der Waals surface area contributed by atoms with Crippen molar-refractivity contribution in [2.24, 2.45) is 0 Å². The van der Waals surface area contributed by atoms with Crippen molar-refractivity contribution in [2.45, 2.75) is 25.8 Å². The first kappa shape index (κ1) is 15.9. The highest BCUT2D eigenvalue weighted by Gasteiger charge is 2.30. The Balaban J connectivity index is 2.40. The van der Waals surface area contributed by atoms with Crippen molar-refractivity contribution >= 4 is 33.2 Å². The van der Waals surface area contributed by atoms with Crippen LogP contribution < -0.4 is 5.32 Å². The number of nitriles is 1. The van der Waals surface area contributed by atoms with E-state index < -0.39 is 5.54 Å². The molecule has 1 unspecified atom stereocenters. The minimum Gasteiger partial charge on any atom is -0.364 e. The number of benzene rings is 2. The molecule has 0 spiro atoms. The SMILES string of the molecule is CCC(C#N)(Nc1ccc(Cl)c(Br)c1)c1ccc(C)cc1. The number of nitrogens with one attached hydrogen (secondary N) is 1. The molecule has 21 heavy (non-hydrogen) atoms. The second kappa shape index (κ2) is 6.51. The molecule has 4 heteroatoms. The fraction of sp³-hybridized carbons (Fsp3) is 0.235. The molecule has 0 aliphatic heterocycles. The number of rotatable bonds is 4. The first-order valence-electron chi connectivity index (χ1n) is 6.72. The molecule has 108 valence electrons. The van der Waals surface area contributed by atoms with E-state index in [1.54, 1.807) is 6.07 Å². The van der Waals surface area contributed by atoms with Crippen molar-refractivity contribution in [1.82, 2.24) is 0 Å². The highest BCUT2D eigenvalue weighted by atomic mass is 79.9. The molecule has 0 aliphatic rings. The Hall–Kier alpha value is -1.50. The predicted molar refractivity (Wildman–Crippen MR) is 91.5 cm³/mol. The van der Waals surface area contributed by atoms with Crippen LogP contribution in [0.25, 0.3) is 0 Å². The van der Waals surface area contributed by atoms with Crippen LogP contribution in [0, 0.1) is 18.3 Å². The number of hydrogen-bond donors (Lipinski definition) is 1. The average Bonchev–Trinajstić information content (AvgIpc) is 2.49. The third-order valence-corrected chi connectivity index (χ3v) is 4.76. The summed E-state index contributed by atoms with van der Waals surface area (Å²) in [6.07, 6.45) is 0.660. The summed E-state index contributed by atoms with van der Waals surface area (Å²) < 4.78 is 0.806. The number of halogens is 2. The molecule has 1 N–H and O–H groups in total. The molecule has 0 aromatic heterocycles. The molecular formula is C17H16BrClN2. The zero-order chi connectivity index (χ0) is 15.5. The Kier molecular flexibility index (Phi) is 4.92. The Labute approximate surface area is 138 Å². The van der Waals surface area contributed by atoms with Gasteiger partial charge in [0.25, 0.3) is 0 Å². The molecule has 0 heterocycles. The lowest BCUT2D eigenvalue weighted by atomic mass is 9.88. The molecule has 0 aliphatic carbocycles. The van der Waals surface area contributed by atoms with Crippen LogP contribution in [0.3, 0.4) is 0 Å². The molecule has 0 fully saturated rings. The van der Waals surface area contributed by atoms with Gasteiger partial charge in [0.15, 0.2) is 5.54 Å². The summed E-state index contributed by atoms with van der Waals surface area (Å²) in [4.78, 5) is 0. The van der Waals surface area contributed by atoms with Crippen LogP contribution in [0.5, 0.6) is 0 Å². The molecule has 0 bridgehead atoms. The summed E-state index contributed by atoms with van der Waals surface area (Å²) in [6.45, 7) is 4.04. The van der Waals surface area contributed by atoms with Gasteiger partial charge < -0.3 is 5.32 Å². The van der Waals surface area contributed by atoms with Crippen LogP contribution in [0.4, 0.5) is 5.69 Å². The van der Waals surface area contributed by atoms with Gasteiger partial charge in [-0.2, -0.15) is 5.26 Å². The second-order valence-corrected chi connectivity index (χ2v) is 6.25. The zero-order valence-electron chi connectivity index (χ0n) is 12.0. The lowest BCUT2D eigenvalue weighted by molar-refractivity contribution is 0.604. The maximum atomic E-state index is 9.73. The second-order valence-electron chi connectivity index (χ2n) is 4.99. The smallest absolute Gasteiger partial charge is 0.150 e. The molecular weight excluding hydrogens is 348 g/mol. The molecule has 0 saturated heterocycles. The van der Waals surface area contributed by atoms with Crippen molar-refractivity contribution in [3.8, 4) is 6.07 Å². The maximum Gasteiger partial charge on any atom is 0.150 e. The van der Waals surface area contributed by atoms with Gasteiger partial charge in [0.1, 0.15) is 0 Å². The fourth-order valence-electron chi connectivity index (χ4n) is 2.19. The van der Waals surface area contributed by atoms with Crippen LogP contribution in [0.2, 0.25) is 5.02 Å². The predicted octanol–water partition coefficient (Wildman–Crippen LogP) is 5.65. The van der Waals surface area contributed by atoms with Crippen molar-refractivity contribution in [3.63, 3.8) is 0 Å². The van der Waals surface area contributed by atoms with Crippen LogP contribution in [-0.4, -0.2) is 0 Å². The summed E-state index contributed by atoms with van der Waals surface area (Å²) >= 11 is 9.42. The van der Waals surface area contributed by atoms with Crippen molar-refractivity contribution in [2.75, 3.05) is 5.32 Å². The Morgan fingerprint density at radius 3 is 2.43 bits per heavy atom. The van der Waals surface area contributed by atoms with Gasteiger partial charge in [0.2, 0.25) is 0 Å². The quantitative estimate of drug-likeness (QED) is 0.761. The lowest BCUT2D eigenvalue weighted by Gasteiger charge is -2.28. The van der Waals surface area contributed by atoms with Gasteiger partial charge in [-0.1, -0.05) is 48.4 Å².